The molecule has 0 amide bonds. The molecule has 4 N–H and O–H groups in total. The van der Waals surface area contributed by atoms with Crippen LogP contribution in [0, 0.1) is 11.3 Å². The van der Waals surface area contributed by atoms with Crippen LogP contribution in [-0.2, 0) is 4.79 Å². The van der Waals surface area contributed by atoms with Gasteiger partial charge in [-0.05, 0) is 18.8 Å². The van der Waals surface area contributed by atoms with Crippen LogP contribution in [0.2, 0.25) is 0 Å². The summed E-state index contributed by atoms with van der Waals surface area (Å²) in [6, 6.07) is 0. The van der Waals surface area contributed by atoms with E-state index < -0.39 is 11.4 Å². The molecule has 1 unspecified atom stereocenters. The Hall–Kier alpha value is -0.650. The smallest absolute Gasteiger partial charge is 0.303 e. The van der Waals surface area contributed by atoms with Crippen molar-refractivity contribution in [1.29, 1.82) is 0 Å². The van der Waals surface area contributed by atoms with Gasteiger partial charge in [0.2, 0.25) is 0 Å². The van der Waals surface area contributed by atoms with Gasteiger partial charge in [-0.1, -0.05) is 32.6 Å². The average molecular weight is 276 g/mol. The van der Waals surface area contributed by atoms with Crippen molar-refractivity contribution in [3.8, 4) is 0 Å². The quantitative estimate of drug-likeness (QED) is 0.404. The molecule has 0 rings (SSSR count). The van der Waals surface area contributed by atoms with Crippen LogP contribution in [-0.4, -0.2) is 46.2 Å². The molecular formula is C14H28O5. The number of rotatable bonds is 12. The van der Waals surface area contributed by atoms with E-state index in [2.05, 4.69) is 0 Å². The minimum absolute atomic E-state index is 0.0419. The highest BCUT2D eigenvalue weighted by Crippen LogP contribution is 2.32. The Balaban J connectivity index is 3.85. The van der Waals surface area contributed by atoms with Crippen molar-refractivity contribution in [3.05, 3.63) is 0 Å². The lowest BCUT2D eigenvalue weighted by molar-refractivity contribution is -0.137. The Morgan fingerprint density at radius 3 is 2.00 bits per heavy atom. The van der Waals surface area contributed by atoms with Gasteiger partial charge < -0.3 is 20.4 Å². The van der Waals surface area contributed by atoms with Gasteiger partial charge in [0.25, 0.3) is 0 Å². The Morgan fingerprint density at radius 1 is 1.00 bits per heavy atom. The molecule has 0 aliphatic carbocycles. The molecule has 0 aromatic carbocycles. The normalized spacial score (nSPS) is 13.5. The third-order valence-corrected chi connectivity index (χ3v) is 4.01. The fourth-order valence-corrected chi connectivity index (χ4v) is 2.24. The number of aliphatic hydroxyl groups is 3. The number of hydrogen-bond donors (Lipinski definition) is 4. The fourth-order valence-electron chi connectivity index (χ4n) is 2.24. The molecule has 1 atom stereocenters. The van der Waals surface area contributed by atoms with E-state index in [9.17, 15) is 20.1 Å². The van der Waals surface area contributed by atoms with Crippen molar-refractivity contribution >= 4 is 5.97 Å². The Morgan fingerprint density at radius 2 is 1.53 bits per heavy atom. The van der Waals surface area contributed by atoms with Crippen LogP contribution in [0.25, 0.3) is 0 Å². The second-order valence-corrected chi connectivity index (χ2v) is 5.42. The van der Waals surface area contributed by atoms with E-state index >= 15 is 0 Å². The van der Waals surface area contributed by atoms with E-state index in [-0.39, 0.29) is 32.2 Å². The summed E-state index contributed by atoms with van der Waals surface area (Å²) >= 11 is 0. The van der Waals surface area contributed by atoms with E-state index in [1.54, 1.807) is 0 Å². The topological polar surface area (TPSA) is 98.0 Å². The van der Waals surface area contributed by atoms with Gasteiger partial charge in [-0.3, -0.25) is 4.79 Å². The van der Waals surface area contributed by atoms with E-state index in [4.69, 9.17) is 5.11 Å². The van der Waals surface area contributed by atoms with Crippen LogP contribution >= 0.6 is 0 Å². The van der Waals surface area contributed by atoms with E-state index in [0.29, 0.717) is 12.8 Å². The van der Waals surface area contributed by atoms with Gasteiger partial charge in [0.15, 0.2) is 0 Å². The number of carboxylic acid groups (broad SMARTS) is 1. The zero-order valence-electron chi connectivity index (χ0n) is 11.8. The molecule has 19 heavy (non-hydrogen) atoms. The minimum Gasteiger partial charge on any atom is -0.481 e. The van der Waals surface area contributed by atoms with E-state index in [0.717, 1.165) is 25.7 Å². The fraction of sp³-hybridized carbons (Fsp3) is 0.929. The Bertz CT molecular complexity index is 238. The molecule has 0 aromatic heterocycles. The Labute approximate surface area is 115 Å². The van der Waals surface area contributed by atoms with E-state index in [1.807, 2.05) is 6.92 Å². The van der Waals surface area contributed by atoms with Crippen LogP contribution in [0.5, 0.6) is 0 Å². The third-order valence-electron chi connectivity index (χ3n) is 4.01. The molecule has 5 heteroatoms. The van der Waals surface area contributed by atoms with Gasteiger partial charge in [0.05, 0.1) is 13.2 Å². The van der Waals surface area contributed by atoms with Gasteiger partial charge in [0.1, 0.15) is 0 Å². The summed E-state index contributed by atoms with van der Waals surface area (Å²) in [5.74, 6) is -0.883. The van der Waals surface area contributed by atoms with Crippen LogP contribution in [0.15, 0.2) is 0 Å². The second kappa shape index (κ2) is 10.2. The summed E-state index contributed by atoms with van der Waals surface area (Å²) in [5.41, 5.74) is -0.601. The predicted octanol–water partition coefficient (Wildman–Crippen LogP) is 1.40. The number of aliphatic carboxylic acids is 1. The summed E-state index contributed by atoms with van der Waals surface area (Å²) in [5, 5.41) is 36.6. The van der Waals surface area contributed by atoms with Crippen LogP contribution in [0.3, 0.4) is 0 Å². The molecule has 114 valence electrons. The average Bonchev–Trinajstić information content (AvgIpc) is 2.41. The summed E-state index contributed by atoms with van der Waals surface area (Å²) in [6.45, 7) is 1.55. The summed E-state index contributed by atoms with van der Waals surface area (Å²) < 4.78 is 0. The van der Waals surface area contributed by atoms with Crippen molar-refractivity contribution in [2.75, 3.05) is 19.8 Å². The largest absolute Gasteiger partial charge is 0.481 e. The number of aliphatic hydroxyl groups excluding tert-OH is 3. The third kappa shape index (κ3) is 6.89. The molecule has 0 fully saturated rings. The lowest BCUT2D eigenvalue weighted by Crippen LogP contribution is -2.38. The van der Waals surface area contributed by atoms with E-state index in [1.165, 1.54) is 0 Å². The number of carboxylic acids is 1. The zero-order valence-corrected chi connectivity index (χ0v) is 11.8. The second-order valence-electron chi connectivity index (χ2n) is 5.42. The first-order chi connectivity index (χ1) is 9.02. The number of hydrogen-bond acceptors (Lipinski definition) is 4. The maximum Gasteiger partial charge on any atom is 0.303 e. The minimum atomic E-state index is -0.753. The molecule has 0 radical (unpaired) electrons. The van der Waals surface area contributed by atoms with Crippen molar-refractivity contribution in [2.45, 2.75) is 51.9 Å². The number of carbonyl (C=O) groups is 1. The van der Waals surface area contributed by atoms with Crippen LogP contribution in [0.1, 0.15) is 51.9 Å². The monoisotopic (exact) mass is 276 g/mol. The molecule has 5 nitrogen and oxygen atoms in total. The highest BCUT2D eigenvalue weighted by molar-refractivity contribution is 5.66. The van der Waals surface area contributed by atoms with Gasteiger partial charge in [-0.15, -0.1) is 0 Å². The molecular weight excluding hydrogens is 248 g/mol. The first-order valence-corrected chi connectivity index (χ1v) is 7.06. The lowest BCUT2D eigenvalue weighted by atomic mass is 9.74. The zero-order chi connectivity index (χ0) is 14.7. The SMILES string of the molecule is CC(CO)C(CO)(CO)CCCCCCCC(=O)O. The molecule has 0 bridgehead atoms. The molecule has 0 saturated carbocycles. The molecule has 0 aromatic rings. The Kier molecular flexibility index (Phi) is 9.83. The van der Waals surface area contributed by atoms with Gasteiger partial charge in [-0.2, -0.15) is 0 Å². The predicted molar refractivity (Wildman–Crippen MR) is 72.8 cm³/mol. The molecule has 0 saturated heterocycles. The maximum absolute atomic E-state index is 10.3. The highest BCUT2D eigenvalue weighted by atomic mass is 16.4. The summed E-state index contributed by atoms with van der Waals surface area (Å²) in [4.78, 5) is 10.3. The molecule has 0 aliphatic rings. The summed E-state index contributed by atoms with van der Waals surface area (Å²) in [7, 11) is 0. The highest BCUT2D eigenvalue weighted by Gasteiger charge is 2.34. The van der Waals surface area contributed by atoms with Crippen molar-refractivity contribution in [1.82, 2.24) is 0 Å². The van der Waals surface area contributed by atoms with Crippen molar-refractivity contribution < 1.29 is 25.2 Å². The molecule has 0 aliphatic heterocycles. The summed E-state index contributed by atoms with van der Waals surface area (Å²) in [6.07, 6.45) is 5.30. The maximum atomic E-state index is 10.3. The molecule has 0 heterocycles. The van der Waals surface area contributed by atoms with Gasteiger partial charge in [-0.25, -0.2) is 0 Å². The standard InChI is InChI=1S/C14H28O5/c1-12(9-15)14(10-16,11-17)8-6-4-2-3-5-7-13(18)19/h12,15-17H,2-11H2,1H3,(H,18,19). The first-order valence-electron chi connectivity index (χ1n) is 7.06. The van der Waals surface area contributed by atoms with Crippen molar-refractivity contribution in [2.24, 2.45) is 11.3 Å². The lowest BCUT2D eigenvalue weighted by Gasteiger charge is -2.35. The number of unbranched alkanes of at least 4 members (excludes halogenated alkanes) is 4. The van der Waals surface area contributed by atoms with Crippen LogP contribution in [0.4, 0.5) is 0 Å². The van der Waals surface area contributed by atoms with Crippen LogP contribution < -0.4 is 0 Å². The van der Waals surface area contributed by atoms with Gasteiger partial charge in [0, 0.05) is 18.4 Å². The van der Waals surface area contributed by atoms with Crippen molar-refractivity contribution in [3.63, 3.8) is 0 Å². The first kappa shape index (κ1) is 18.4. The molecule has 0 spiro atoms. The van der Waals surface area contributed by atoms with Gasteiger partial charge >= 0.3 is 5.97 Å².